The predicted molar refractivity (Wildman–Crippen MR) is 96.0 cm³/mol. The number of likely N-dealkylation sites (N-methyl/N-ethyl adjacent to an activating group) is 1. The van der Waals surface area contributed by atoms with Gasteiger partial charge in [0, 0.05) is 18.6 Å². The van der Waals surface area contributed by atoms with Crippen molar-refractivity contribution in [2.45, 2.75) is 31.2 Å². The quantitative estimate of drug-likeness (QED) is 0.825. The van der Waals surface area contributed by atoms with Crippen molar-refractivity contribution in [2.24, 2.45) is 0 Å². The number of hydrogen-bond acceptors (Lipinski definition) is 3. The Kier molecular flexibility index (Phi) is 4.08. The number of ether oxygens (including phenoxy) is 2. The van der Waals surface area contributed by atoms with Crippen LogP contribution < -0.4 is 9.47 Å². The number of fused-ring (bicyclic) bond motifs is 1. The molecule has 0 N–H and O–H groups in total. The Morgan fingerprint density at radius 2 is 1.96 bits per heavy atom. The number of hydrogen-bond donors (Lipinski definition) is 0. The van der Waals surface area contributed by atoms with Crippen LogP contribution in [0.5, 0.6) is 11.5 Å². The Morgan fingerprint density at radius 3 is 2.68 bits per heavy atom. The van der Waals surface area contributed by atoms with Crippen LogP contribution in [0.25, 0.3) is 0 Å². The van der Waals surface area contributed by atoms with Crippen molar-refractivity contribution in [3.63, 3.8) is 0 Å². The highest BCUT2D eigenvalue weighted by Crippen LogP contribution is 2.45. The van der Waals surface area contributed by atoms with Gasteiger partial charge in [-0.2, -0.15) is 0 Å². The van der Waals surface area contributed by atoms with Gasteiger partial charge in [-0.3, -0.25) is 4.79 Å². The summed E-state index contributed by atoms with van der Waals surface area (Å²) in [5.41, 5.74) is 1.62. The summed E-state index contributed by atoms with van der Waals surface area (Å²) in [6, 6.07) is 13.5. The molecule has 2 aliphatic rings. The third-order valence-electron chi connectivity index (χ3n) is 5.20. The third kappa shape index (κ3) is 2.85. The van der Waals surface area contributed by atoms with Crippen molar-refractivity contribution < 1.29 is 14.3 Å². The zero-order chi connectivity index (χ0) is 17.4. The lowest BCUT2D eigenvalue weighted by molar-refractivity contribution is -0.140. The van der Waals surface area contributed by atoms with Crippen LogP contribution >= 0.6 is 11.6 Å². The largest absolute Gasteiger partial charge is 0.454 e. The predicted octanol–water partition coefficient (Wildman–Crippen LogP) is 4.15. The average molecular weight is 358 g/mol. The molecule has 1 saturated carbocycles. The first-order valence-electron chi connectivity index (χ1n) is 8.49. The van der Waals surface area contributed by atoms with E-state index < -0.39 is 5.41 Å². The van der Waals surface area contributed by atoms with E-state index in [1.165, 1.54) is 0 Å². The van der Waals surface area contributed by atoms with Gasteiger partial charge < -0.3 is 14.4 Å². The van der Waals surface area contributed by atoms with Crippen molar-refractivity contribution in [1.29, 1.82) is 0 Å². The third-order valence-corrected chi connectivity index (χ3v) is 5.43. The van der Waals surface area contributed by atoms with Gasteiger partial charge in [-0.05, 0) is 48.2 Å². The molecule has 0 aromatic heterocycles. The first-order valence-corrected chi connectivity index (χ1v) is 8.86. The first kappa shape index (κ1) is 16.3. The van der Waals surface area contributed by atoms with Crippen molar-refractivity contribution in [3.05, 3.63) is 58.6 Å². The van der Waals surface area contributed by atoms with Crippen molar-refractivity contribution in [1.82, 2.24) is 4.90 Å². The molecule has 4 rings (SSSR count). The molecule has 2 aromatic carbocycles. The molecule has 0 spiro atoms. The van der Waals surface area contributed by atoms with E-state index in [1.807, 2.05) is 49.5 Å². The van der Waals surface area contributed by atoms with E-state index in [1.54, 1.807) is 4.90 Å². The minimum atomic E-state index is -0.435. The summed E-state index contributed by atoms with van der Waals surface area (Å²) in [4.78, 5) is 15.0. The van der Waals surface area contributed by atoms with E-state index in [9.17, 15) is 4.79 Å². The highest BCUT2D eigenvalue weighted by Gasteiger charge is 2.47. The molecule has 1 heterocycles. The number of rotatable bonds is 4. The molecule has 2 aromatic rings. The zero-order valence-electron chi connectivity index (χ0n) is 14.1. The molecule has 0 saturated heterocycles. The molecule has 0 bridgehead atoms. The van der Waals surface area contributed by atoms with Gasteiger partial charge in [-0.1, -0.05) is 36.2 Å². The highest BCUT2D eigenvalue weighted by molar-refractivity contribution is 6.30. The second-order valence-corrected chi connectivity index (χ2v) is 7.23. The van der Waals surface area contributed by atoms with Gasteiger partial charge in [0.15, 0.2) is 11.5 Å². The maximum atomic E-state index is 13.2. The summed E-state index contributed by atoms with van der Waals surface area (Å²) in [6.45, 7) is 0.795. The van der Waals surface area contributed by atoms with Crippen LogP contribution in [0.2, 0.25) is 5.02 Å². The molecule has 5 heteroatoms. The van der Waals surface area contributed by atoms with Crippen molar-refractivity contribution in [3.8, 4) is 11.5 Å². The topological polar surface area (TPSA) is 38.8 Å². The van der Waals surface area contributed by atoms with Crippen LogP contribution in [0.1, 0.15) is 30.4 Å². The SMILES string of the molecule is CN(Cc1ccc2c(c1)OCO2)C(=O)C1(c2cccc(Cl)c2)CCC1. The summed E-state index contributed by atoms with van der Waals surface area (Å²) >= 11 is 6.15. The van der Waals surface area contributed by atoms with Crippen molar-refractivity contribution in [2.75, 3.05) is 13.8 Å². The van der Waals surface area contributed by atoms with Gasteiger partial charge in [0.2, 0.25) is 12.7 Å². The molecule has 25 heavy (non-hydrogen) atoms. The summed E-state index contributed by atoms with van der Waals surface area (Å²) in [7, 11) is 1.86. The monoisotopic (exact) mass is 357 g/mol. The van der Waals surface area contributed by atoms with Gasteiger partial charge >= 0.3 is 0 Å². The second kappa shape index (κ2) is 6.26. The number of carbonyl (C=O) groups is 1. The Balaban J connectivity index is 1.55. The Hall–Kier alpha value is -2.20. The molecular formula is C20H20ClNO3. The fourth-order valence-electron chi connectivity index (χ4n) is 3.69. The fourth-order valence-corrected chi connectivity index (χ4v) is 3.88. The molecule has 1 fully saturated rings. The number of amides is 1. The van der Waals surface area contributed by atoms with E-state index in [4.69, 9.17) is 21.1 Å². The normalized spacial score (nSPS) is 17.0. The van der Waals surface area contributed by atoms with E-state index in [-0.39, 0.29) is 12.7 Å². The average Bonchev–Trinajstić information content (AvgIpc) is 3.01. The highest BCUT2D eigenvalue weighted by atomic mass is 35.5. The molecule has 0 atom stereocenters. The van der Waals surface area contributed by atoms with Gasteiger partial charge in [0.25, 0.3) is 0 Å². The lowest BCUT2D eigenvalue weighted by Gasteiger charge is -2.43. The molecule has 4 nitrogen and oxygen atoms in total. The second-order valence-electron chi connectivity index (χ2n) is 6.79. The Bertz CT molecular complexity index is 816. The van der Waals surface area contributed by atoms with Gasteiger partial charge in [0.05, 0.1) is 5.41 Å². The number of carbonyl (C=O) groups excluding carboxylic acids is 1. The summed E-state index contributed by atoms with van der Waals surface area (Å²) < 4.78 is 10.8. The molecular weight excluding hydrogens is 338 g/mol. The van der Waals surface area contributed by atoms with Crippen LogP contribution in [0, 0.1) is 0 Å². The molecule has 1 amide bonds. The van der Waals surface area contributed by atoms with Crippen LogP contribution in [-0.4, -0.2) is 24.6 Å². The van der Waals surface area contributed by atoms with E-state index in [0.29, 0.717) is 11.6 Å². The standard InChI is InChI=1S/C20H20ClNO3/c1-22(12-14-6-7-17-18(10-14)25-13-24-17)19(23)20(8-3-9-20)15-4-2-5-16(21)11-15/h2,4-7,10-11H,3,8-9,12-13H2,1H3. The first-order chi connectivity index (χ1) is 12.1. The fraction of sp³-hybridized carbons (Fsp3) is 0.350. The van der Waals surface area contributed by atoms with Gasteiger partial charge in [0.1, 0.15) is 0 Å². The molecule has 130 valence electrons. The van der Waals surface area contributed by atoms with Crippen LogP contribution in [-0.2, 0) is 16.8 Å². The summed E-state index contributed by atoms with van der Waals surface area (Å²) in [6.07, 6.45) is 2.81. The number of benzene rings is 2. The van der Waals surface area contributed by atoms with E-state index in [2.05, 4.69) is 0 Å². The minimum Gasteiger partial charge on any atom is -0.454 e. The van der Waals surface area contributed by atoms with E-state index >= 15 is 0 Å². The number of nitrogens with zero attached hydrogens (tertiary/aromatic N) is 1. The maximum Gasteiger partial charge on any atom is 0.233 e. The lowest BCUT2D eigenvalue weighted by Crippen LogP contribution is -2.49. The smallest absolute Gasteiger partial charge is 0.233 e. The van der Waals surface area contributed by atoms with Crippen LogP contribution in [0.15, 0.2) is 42.5 Å². The Morgan fingerprint density at radius 1 is 1.16 bits per heavy atom. The maximum absolute atomic E-state index is 13.2. The molecule has 1 aliphatic heterocycles. The molecule has 1 aliphatic carbocycles. The number of halogens is 1. The minimum absolute atomic E-state index is 0.152. The summed E-state index contributed by atoms with van der Waals surface area (Å²) in [5.74, 6) is 1.65. The molecule has 0 radical (unpaired) electrons. The van der Waals surface area contributed by atoms with Gasteiger partial charge in [-0.25, -0.2) is 0 Å². The lowest BCUT2D eigenvalue weighted by atomic mass is 9.63. The summed E-state index contributed by atoms with van der Waals surface area (Å²) in [5, 5.41) is 0.676. The van der Waals surface area contributed by atoms with Crippen molar-refractivity contribution >= 4 is 17.5 Å². The van der Waals surface area contributed by atoms with Gasteiger partial charge in [-0.15, -0.1) is 0 Å². The van der Waals surface area contributed by atoms with E-state index in [0.717, 1.165) is 41.9 Å². The van der Waals surface area contributed by atoms with Crippen LogP contribution in [0.3, 0.4) is 0 Å². The Labute approximate surface area is 152 Å². The zero-order valence-corrected chi connectivity index (χ0v) is 14.9. The molecule has 0 unspecified atom stereocenters. The van der Waals surface area contributed by atoms with Crippen LogP contribution in [0.4, 0.5) is 0 Å².